The standard InChI is InChI=1S/C16H26N4O2/c1-12(2)18-16(22)17-10-11-20(13(3)21)15-8-6-14(7-9-15)19(4)5/h6-9,12H,10-11H2,1-5H3,(H2,17,18,22). The lowest BCUT2D eigenvalue weighted by Crippen LogP contribution is -2.43. The number of nitrogens with zero attached hydrogens (tertiary/aromatic N) is 2. The third-order valence-electron chi connectivity index (χ3n) is 3.10. The fourth-order valence-electron chi connectivity index (χ4n) is 1.99. The van der Waals surface area contributed by atoms with E-state index in [0.717, 1.165) is 11.4 Å². The molecule has 0 aliphatic heterocycles. The minimum atomic E-state index is -0.221. The number of hydrogen-bond donors (Lipinski definition) is 2. The van der Waals surface area contributed by atoms with Crippen molar-refractivity contribution >= 4 is 23.3 Å². The molecule has 22 heavy (non-hydrogen) atoms. The average molecular weight is 306 g/mol. The van der Waals surface area contributed by atoms with E-state index in [-0.39, 0.29) is 18.0 Å². The Morgan fingerprint density at radius 2 is 1.64 bits per heavy atom. The fraction of sp³-hybridized carbons (Fsp3) is 0.500. The van der Waals surface area contributed by atoms with E-state index in [1.54, 1.807) is 4.90 Å². The molecular weight excluding hydrogens is 280 g/mol. The highest BCUT2D eigenvalue weighted by molar-refractivity contribution is 5.91. The molecular formula is C16H26N4O2. The van der Waals surface area contributed by atoms with Crippen molar-refractivity contribution in [3.63, 3.8) is 0 Å². The summed E-state index contributed by atoms with van der Waals surface area (Å²) in [5.41, 5.74) is 1.89. The number of hydrogen-bond acceptors (Lipinski definition) is 3. The maximum atomic E-state index is 11.8. The highest BCUT2D eigenvalue weighted by Gasteiger charge is 2.12. The van der Waals surface area contributed by atoms with Gasteiger partial charge in [-0.3, -0.25) is 4.79 Å². The van der Waals surface area contributed by atoms with Crippen LogP contribution in [0.25, 0.3) is 0 Å². The van der Waals surface area contributed by atoms with E-state index in [2.05, 4.69) is 10.6 Å². The summed E-state index contributed by atoms with van der Waals surface area (Å²) < 4.78 is 0. The topological polar surface area (TPSA) is 64.7 Å². The molecule has 6 heteroatoms. The average Bonchev–Trinajstić information content (AvgIpc) is 2.42. The van der Waals surface area contributed by atoms with Gasteiger partial charge in [-0.05, 0) is 38.1 Å². The van der Waals surface area contributed by atoms with Gasteiger partial charge in [-0.1, -0.05) is 0 Å². The molecule has 0 saturated carbocycles. The summed E-state index contributed by atoms with van der Waals surface area (Å²) in [5.74, 6) is -0.0522. The molecule has 0 atom stereocenters. The lowest BCUT2D eigenvalue weighted by molar-refractivity contribution is -0.116. The van der Waals surface area contributed by atoms with Crippen LogP contribution in [0.4, 0.5) is 16.2 Å². The number of rotatable bonds is 6. The lowest BCUT2D eigenvalue weighted by Gasteiger charge is -2.22. The molecule has 0 fully saturated rings. The van der Waals surface area contributed by atoms with Crippen LogP contribution in [-0.4, -0.2) is 45.2 Å². The number of anilines is 2. The second-order valence-electron chi connectivity index (χ2n) is 5.64. The largest absolute Gasteiger partial charge is 0.378 e. The second kappa shape index (κ2) is 8.26. The molecule has 2 N–H and O–H groups in total. The number of carbonyl (C=O) groups excluding carboxylic acids is 2. The Morgan fingerprint density at radius 3 is 2.09 bits per heavy atom. The molecule has 1 rings (SSSR count). The molecule has 0 aliphatic rings. The molecule has 6 nitrogen and oxygen atoms in total. The van der Waals surface area contributed by atoms with E-state index in [9.17, 15) is 9.59 Å². The SMILES string of the molecule is CC(=O)N(CCNC(=O)NC(C)C)c1ccc(N(C)C)cc1. The van der Waals surface area contributed by atoms with Crippen molar-refractivity contribution in [2.45, 2.75) is 26.8 Å². The first-order chi connectivity index (χ1) is 10.3. The highest BCUT2D eigenvalue weighted by atomic mass is 16.2. The summed E-state index contributed by atoms with van der Waals surface area (Å²) in [7, 11) is 3.93. The maximum absolute atomic E-state index is 11.8. The third kappa shape index (κ3) is 5.63. The third-order valence-corrected chi connectivity index (χ3v) is 3.10. The molecule has 1 aromatic carbocycles. The molecule has 1 aromatic rings. The Balaban J connectivity index is 2.62. The van der Waals surface area contributed by atoms with Gasteiger partial charge in [0.2, 0.25) is 5.91 Å². The van der Waals surface area contributed by atoms with Crippen molar-refractivity contribution in [3.05, 3.63) is 24.3 Å². The van der Waals surface area contributed by atoms with Crippen molar-refractivity contribution in [2.75, 3.05) is 37.0 Å². The van der Waals surface area contributed by atoms with Gasteiger partial charge in [-0.2, -0.15) is 0 Å². The van der Waals surface area contributed by atoms with Gasteiger partial charge in [-0.15, -0.1) is 0 Å². The van der Waals surface area contributed by atoms with Crippen molar-refractivity contribution in [3.8, 4) is 0 Å². The van der Waals surface area contributed by atoms with Gasteiger partial charge in [0.25, 0.3) is 0 Å². The number of benzene rings is 1. The Morgan fingerprint density at radius 1 is 1.09 bits per heavy atom. The Hall–Kier alpha value is -2.24. The van der Waals surface area contributed by atoms with E-state index < -0.39 is 0 Å². The van der Waals surface area contributed by atoms with Gasteiger partial charge in [0, 0.05) is 51.5 Å². The van der Waals surface area contributed by atoms with Crippen LogP contribution in [0.5, 0.6) is 0 Å². The predicted molar refractivity (Wildman–Crippen MR) is 90.5 cm³/mol. The molecule has 0 heterocycles. The molecule has 0 aliphatic carbocycles. The second-order valence-corrected chi connectivity index (χ2v) is 5.64. The summed E-state index contributed by atoms with van der Waals surface area (Å²) in [5, 5.41) is 5.49. The van der Waals surface area contributed by atoms with Gasteiger partial charge in [-0.25, -0.2) is 4.79 Å². The molecule has 0 radical (unpaired) electrons. The van der Waals surface area contributed by atoms with E-state index in [1.165, 1.54) is 6.92 Å². The summed E-state index contributed by atoms with van der Waals surface area (Å²) in [4.78, 5) is 27.0. The minimum Gasteiger partial charge on any atom is -0.378 e. The van der Waals surface area contributed by atoms with Gasteiger partial charge >= 0.3 is 6.03 Å². The van der Waals surface area contributed by atoms with Crippen molar-refractivity contribution < 1.29 is 9.59 Å². The number of nitrogens with one attached hydrogen (secondary N) is 2. The van der Waals surface area contributed by atoms with Crippen LogP contribution in [0.1, 0.15) is 20.8 Å². The Bertz CT molecular complexity index is 497. The monoisotopic (exact) mass is 306 g/mol. The van der Waals surface area contributed by atoms with Gasteiger partial charge in [0.1, 0.15) is 0 Å². The molecule has 0 bridgehead atoms. The van der Waals surface area contributed by atoms with Crippen LogP contribution in [-0.2, 0) is 4.79 Å². The lowest BCUT2D eigenvalue weighted by atomic mass is 10.2. The van der Waals surface area contributed by atoms with Gasteiger partial charge in [0.05, 0.1) is 0 Å². The first-order valence-corrected chi connectivity index (χ1v) is 7.41. The van der Waals surface area contributed by atoms with Crippen molar-refractivity contribution in [1.29, 1.82) is 0 Å². The summed E-state index contributed by atoms with van der Waals surface area (Å²) >= 11 is 0. The molecule has 0 spiro atoms. The number of amides is 3. The van der Waals surface area contributed by atoms with Crippen LogP contribution in [0.3, 0.4) is 0 Å². The summed E-state index contributed by atoms with van der Waals surface area (Å²) in [6.45, 7) is 6.14. The first kappa shape index (κ1) is 17.8. The predicted octanol–water partition coefficient (Wildman–Crippen LogP) is 1.81. The van der Waals surface area contributed by atoms with Crippen LogP contribution in [0.15, 0.2) is 24.3 Å². The van der Waals surface area contributed by atoms with Crippen LogP contribution < -0.4 is 20.4 Å². The van der Waals surface area contributed by atoms with E-state index >= 15 is 0 Å². The van der Waals surface area contributed by atoms with E-state index in [4.69, 9.17) is 0 Å². The first-order valence-electron chi connectivity index (χ1n) is 7.41. The Kier molecular flexibility index (Phi) is 6.69. The maximum Gasteiger partial charge on any atom is 0.315 e. The number of carbonyl (C=O) groups is 2. The van der Waals surface area contributed by atoms with Crippen LogP contribution in [0.2, 0.25) is 0 Å². The molecule has 122 valence electrons. The zero-order valence-electron chi connectivity index (χ0n) is 14.0. The minimum absolute atomic E-state index is 0.0522. The Labute approximate surface area is 132 Å². The zero-order chi connectivity index (χ0) is 16.7. The highest BCUT2D eigenvalue weighted by Crippen LogP contribution is 2.19. The molecule has 3 amide bonds. The smallest absolute Gasteiger partial charge is 0.315 e. The van der Waals surface area contributed by atoms with Gasteiger partial charge in [0.15, 0.2) is 0 Å². The molecule has 0 saturated heterocycles. The molecule has 0 unspecified atom stereocenters. The van der Waals surface area contributed by atoms with E-state index in [0.29, 0.717) is 13.1 Å². The van der Waals surface area contributed by atoms with Crippen molar-refractivity contribution in [2.24, 2.45) is 0 Å². The van der Waals surface area contributed by atoms with Crippen LogP contribution in [0, 0.1) is 0 Å². The normalized spacial score (nSPS) is 10.3. The summed E-state index contributed by atoms with van der Waals surface area (Å²) in [6, 6.07) is 7.61. The fourth-order valence-corrected chi connectivity index (χ4v) is 1.99. The molecule has 0 aromatic heterocycles. The summed E-state index contributed by atoms with van der Waals surface area (Å²) in [6.07, 6.45) is 0. The quantitative estimate of drug-likeness (QED) is 0.842. The zero-order valence-corrected chi connectivity index (χ0v) is 14.0. The van der Waals surface area contributed by atoms with Crippen molar-refractivity contribution in [1.82, 2.24) is 10.6 Å². The number of urea groups is 1. The van der Waals surface area contributed by atoms with E-state index in [1.807, 2.05) is 57.1 Å². The van der Waals surface area contributed by atoms with Gasteiger partial charge < -0.3 is 20.4 Å². The van der Waals surface area contributed by atoms with Crippen LogP contribution >= 0.6 is 0 Å².